The average molecular weight is 331 g/mol. The largest absolute Gasteiger partial charge is 0.345 e. The second-order valence-electron chi connectivity index (χ2n) is 5.14. The molecule has 0 aliphatic carbocycles. The van der Waals surface area contributed by atoms with Gasteiger partial charge in [0.05, 0.1) is 11.8 Å². The molecule has 1 atom stereocenters. The Bertz CT molecular complexity index is 676. The molecular formula is C18H18FNO2S. The molecule has 0 saturated heterocycles. The lowest BCUT2D eigenvalue weighted by atomic mass is 10.0. The third-order valence-electron chi connectivity index (χ3n) is 3.30. The van der Waals surface area contributed by atoms with E-state index in [1.165, 1.54) is 13.0 Å². The van der Waals surface area contributed by atoms with Gasteiger partial charge in [0.25, 0.3) is 0 Å². The fourth-order valence-electron chi connectivity index (χ4n) is 2.09. The van der Waals surface area contributed by atoms with Crippen molar-refractivity contribution in [2.75, 3.05) is 5.75 Å². The highest BCUT2D eigenvalue weighted by Gasteiger charge is 2.18. The molecular weight excluding hydrogens is 313 g/mol. The van der Waals surface area contributed by atoms with E-state index in [4.69, 9.17) is 0 Å². The number of thioether (sulfide) groups is 1. The van der Waals surface area contributed by atoms with Crippen molar-refractivity contribution < 1.29 is 14.0 Å². The molecule has 0 aromatic heterocycles. The Hall–Kier alpha value is -2.14. The highest BCUT2D eigenvalue weighted by atomic mass is 32.2. The summed E-state index contributed by atoms with van der Waals surface area (Å²) in [6.07, 6.45) is 0.451. The summed E-state index contributed by atoms with van der Waals surface area (Å²) in [6, 6.07) is 15.2. The Morgan fingerprint density at radius 3 is 2.39 bits per heavy atom. The first-order chi connectivity index (χ1) is 11.1. The maximum absolute atomic E-state index is 13.5. The summed E-state index contributed by atoms with van der Waals surface area (Å²) in [4.78, 5) is 24.2. The van der Waals surface area contributed by atoms with E-state index in [-0.39, 0.29) is 23.3 Å². The van der Waals surface area contributed by atoms with Crippen molar-refractivity contribution in [2.45, 2.75) is 24.3 Å². The van der Waals surface area contributed by atoms with E-state index in [1.807, 2.05) is 30.3 Å². The number of nitrogens with one attached hydrogen (secondary N) is 1. The summed E-state index contributed by atoms with van der Waals surface area (Å²) in [5.41, 5.74) is 0.981. The third kappa shape index (κ3) is 5.53. The molecule has 0 aliphatic rings. The molecule has 0 heterocycles. The van der Waals surface area contributed by atoms with Crippen LogP contribution < -0.4 is 5.32 Å². The topological polar surface area (TPSA) is 46.2 Å². The molecule has 2 aromatic carbocycles. The molecule has 2 aromatic rings. The fraction of sp³-hybridized carbons (Fsp3) is 0.222. The molecule has 0 aliphatic heterocycles. The predicted octanol–water partition coefficient (Wildman–Crippen LogP) is 3.23. The number of hydrogen-bond donors (Lipinski definition) is 1. The van der Waals surface area contributed by atoms with E-state index in [1.54, 1.807) is 18.2 Å². The zero-order valence-corrected chi connectivity index (χ0v) is 13.6. The van der Waals surface area contributed by atoms with Gasteiger partial charge in [0.1, 0.15) is 5.82 Å². The minimum atomic E-state index is -0.564. The standard InChI is InChI=1S/C18H18FNO2S/c1-13(21)16(11-14-7-3-2-4-8-14)20-18(22)12-23-17-10-6-5-9-15(17)19/h2-10,16H,11-12H2,1H3,(H,20,22)/t16-/m0/s1. The molecule has 2 rings (SSSR count). The zero-order chi connectivity index (χ0) is 16.7. The molecule has 5 heteroatoms. The number of ketones is 1. The third-order valence-corrected chi connectivity index (χ3v) is 4.35. The molecule has 0 unspecified atom stereocenters. The van der Waals surface area contributed by atoms with E-state index >= 15 is 0 Å². The van der Waals surface area contributed by atoms with Gasteiger partial charge in [-0.2, -0.15) is 0 Å². The highest BCUT2D eigenvalue weighted by molar-refractivity contribution is 8.00. The molecule has 23 heavy (non-hydrogen) atoms. The lowest BCUT2D eigenvalue weighted by Crippen LogP contribution is -2.42. The van der Waals surface area contributed by atoms with Gasteiger partial charge in [-0.05, 0) is 31.0 Å². The lowest BCUT2D eigenvalue weighted by molar-refractivity contribution is -0.125. The summed E-state index contributed by atoms with van der Waals surface area (Å²) in [6.45, 7) is 1.46. The van der Waals surface area contributed by atoms with Gasteiger partial charge in [-0.1, -0.05) is 42.5 Å². The Morgan fingerprint density at radius 1 is 1.09 bits per heavy atom. The summed E-state index contributed by atoms with van der Waals surface area (Å²) < 4.78 is 13.5. The lowest BCUT2D eigenvalue weighted by Gasteiger charge is -2.16. The van der Waals surface area contributed by atoms with Crippen molar-refractivity contribution in [2.24, 2.45) is 0 Å². The van der Waals surface area contributed by atoms with Crippen LogP contribution in [0.2, 0.25) is 0 Å². The molecule has 0 bridgehead atoms. The van der Waals surface area contributed by atoms with E-state index in [9.17, 15) is 14.0 Å². The van der Waals surface area contributed by atoms with Gasteiger partial charge in [0.2, 0.25) is 5.91 Å². The van der Waals surface area contributed by atoms with Gasteiger partial charge in [0.15, 0.2) is 5.78 Å². The highest BCUT2D eigenvalue weighted by Crippen LogP contribution is 2.20. The molecule has 3 nitrogen and oxygen atoms in total. The van der Waals surface area contributed by atoms with Crippen molar-refractivity contribution in [3.8, 4) is 0 Å². The van der Waals surface area contributed by atoms with E-state index in [0.29, 0.717) is 11.3 Å². The first kappa shape index (κ1) is 17.2. The first-order valence-electron chi connectivity index (χ1n) is 7.27. The number of hydrogen-bond acceptors (Lipinski definition) is 3. The number of halogens is 1. The van der Waals surface area contributed by atoms with E-state index in [0.717, 1.165) is 17.3 Å². The summed E-state index contributed by atoms with van der Waals surface area (Å²) in [5.74, 6) is -0.662. The van der Waals surface area contributed by atoms with Crippen LogP contribution in [-0.4, -0.2) is 23.5 Å². The van der Waals surface area contributed by atoms with Gasteiger partial charge in [-0.3, -0.25) is 9.59 Å². The monoisotopic (exact) mass is 331 g/mol. The van der Waals surface area contributed by atoms with Crippen molar-refractivity contribution in [1.82, 2.24) is 5.32 Å². The van der Waals surface area contributed by atoms with Gasteiger partial charge in [-0.15, -0.1) is 11.8 Å². The molecule has 0 radical (unpaired) electrons. The van der Waals surface area contributed by atoms with Gasteiger partial charge in [-0.25, -0.2) is 4.39 Å². The quantitative estimate of drug-likeness (QED) is 0.792. The normalized spacial score (nSPS) is 11.7. The number of carbonyl (C=O) groups excluding carboxylic acids is 2. The Balaban J connectivity index is 1.91. The SMILES string of the molecule is CC(=O)[C@H](Cc1ccccc1)NC(=O)CSc1ccccc1F. The van der Waals surface area contributed by atoms with Gasteiger partial charge >= 0.3 is 0 Å². The molecule has 0 spiro atoms. The van der Waals surface area contributed by atoms with Crippen LogP contribution in [0.1, 0.15) is 12.5 Å². The van der Waals surface area contributed by atoms with Crippen LogP contribution in [0, 0.1) is 5.82 Å². The molecule has 1 amide bonds. The van der Waals surface area contributed by atoms with Crippen LogP contribution in [0.5, 0.6) is 0 Å². The number of Topliss-reactive ketones (excluding diaryl/α,β-unsaturated/α-hetero) is 1. The van der Waals surface area contributed by atoms with Crippen LogP contribution in [0.15, 0.2) is 59.5 Å². The Morgan fingerprint density at radius 2 is 1.74 bits per heavy atom. The number of carbonyl (C=O) groups is 2. The minimum Gasteiger partial charge on any atom is -0.345 e. The summed E-state index contributed by atoms with van der Waals surface area (Å²) in [5, 5.41) is 2.72. The van der Waals surface area contributed by atoms with Crippen molar-refractivity contribution in [3.63, 3.8) is 0 Å². The second-order valence-corrected chi connectivity index (χ2v) is 6.16. The smallest absolute Gasteiger partial charge is 0.230 e. The van der Waals surface area contributed by atoms with Crippen LogP contribution in [-0.2, 0) is 16.0 Å². The summed E-state index contributed by atoms with van der Waals surface area (Å²) in [7, 11) is 0. The van der Waals surface area contributed by atoms with Crippen molar-refractivity contribution in [3.05, 3.63) is 66.0 Å². The fourth-order valence-corrected chi connectivity index (χ4v) is 2.84. The molecule has 0 saturated carbocycles. The average Bonchev–Trinajstić information content (AvgIpc) is 2.54. The van der Waals surface area contributed by atoms with Crippen LogP contribution in [0.25, 0.3) is 0 Å². The maximum atomic E-state index is 13.5. The number of benzene rings is 2. The predicted molar refractivity (Wildman–Crippen MR) is 89.9 cm³/mol. The maximum Gasteiger partial charge on any atom is 0.230 e. The Labute approximate surface area is 139 Å². The molecule has 120 valence electrons. The van der Waals surface area contributed by atoms with Crippen molar-refractivity contribution in [1.29, 1.82) is 0 Å². The van der Waals surface area contributed by atoms with Crippen molar-refractivity contribution >= 4 is 23.5 Å². The minimum absolute atomic E-state index is 0.0690. The zero-order valence-electron chi connectivity index (χ0n) is 12.8. The van der Waals surface area contributed by atoms with Gasteiger partial charge < -0.3 is 5.32 Å². The number of rotatable bonds is 7. The van der Waals surface area contributed by atoms with E-state index in [2.05, 4.69) is 5.32 Å². The van der Waals surface area contributed by atoms with Crippen LogP contribution in [0.3, 0.4) is 0 Å². The first-order valence-corrected chi connectivity index (χ1v) is 8.26. The van der Waals surface area contributed by atoms with E-state index < -0.39 is 6.04 Å². The number of amides is 1. The van der Waals surface area contributed by atoms with Crippen LogP contribution in [0.4, 0.5) is 4.39 Å². The second kappa shape index (κ2) is 8.48. The van der Waals surface area contributed by atoms with Crippen LogP contribution >= 0.6 is 11.8 Å². The van der Waals surface area contributed by atoms with Gasteiger partial charge in [0, 0.05) is 4.90 Å². The summed E-state index contributed by atoms with van der Waals surface area (Å²) >= 11 is 1.12. The Kier molecular flexibility index (Phi) is 6.35. The molecule has 0 fully saturated rings. The molecule has 1 N–H and O–H groups in total.